The Labute approximate surface area is 72.3 Å². The molecule has 0 spiro atoms. The van der Waals surface area contributed by atoms with Crippen molar-refractivity contribution in [1.82, 2.24) is 15.8 Å². The van der Waals surface area contributed by atoms with Crippen LogP contribution >= 0.6 is 0 Å². The zero-order valence-electron chi connectivity index (χ0n) is 7.50. The monoisotopic (exact) mass is 172 g/mol. The van der Waals surface area contributed by atoms with Gasteiger partial charge >= 0.3 is 6.03 Å². The molecule has 1 saturated heterocycles. The van der Waals surface area contributed by atoms with E-state index < -0.39 is 6.03 Å². The summed E-state index contributed by atoms with van der Waals surface area (Å²) in [7, 11) is 0. The van der Waals surface area contributed by atoms with Crippen molar-refractivity contribution in [3.05, 3.63) is 0 Å². The number of carbonyl (C=O) groups excluding carboxylic acids is 1. The number of hydrazine groups is 1. The van der Waals surface area contributed by atoms with Crippen LogP contribution in [0.5, 0.6) is 0 Å². The lowest BCUT2D eigenvalue weighted by Crippen LogP contribution is -2.60. The molecule has 1 aliphatic rings. The topological polar surface area (TPSA) is 70.4 Å². The van der Waals surface area contributed by atoms with Crippen LogP contribution < -0.4 is 16.5 Å². The zero-order valence-corrected chi connectivity index (χ0v) is 7.50. The lowest BCUT2D eigenvalue weighted by Gasteiger charge is -2.35. The second-order valence-electron chi connectivity index (χ2n) is 3.35. The van der Waals surface area contributed by atoms with E-state index >= 15 is 0 Å². The molecular formula is C7H16N4O. The normalized spacial score (nSPS) is 31.5. The molecule has 4 N–H and O–H groups in total. The van der Waals surface area contributed by atoms with Gasteiger partial charge in [0.25, 0.3) is 0 Å². The number of nitrogens with two attached hydrogens (primary N) is 1. The Bertz CT molecular complexity index is 163. The molecular weight excluding hydrogens is 156 g/mol. The van der Waals surface area contributed by atoms with Gasteiger partial charge in [0.05, 0.1) is 0 Å². The van der Waals surface area contributed by atoms with Crippen LogP contribution in [-0.2, 0) is 0 Å². The fourth-order valence-corrected chi connectivity index (χ4v) is 1.57. The predicted molar refractivity (Wildman–Crippen MR) is 46.4 cm³/mol. The summed E-state index contributed by atoms with van der Waals surface area (Å²) in [4.78, 5) is 10.5. The van der Waals surface area contributed by atoms with Gasteiger partial charge in [0, 0.05) is 25.2 Å². The summed E-state index contributed by atoms with van der Waals surface area (Å²) in [6.07, 6.45) is 0. The number of urea groups is 1. The molecule has 1 heterocycles. The summed E-state index contributed by atoms with van der Waals surface area (Å²) in [5, 5.41) is 5.19. The molecule has 0 aromatic rings. The van der Waals surface area contributed by atoms with Gasteiger partial charge in [0.2, 0.25) is 0 Å². The molecule has 2 atom stereocenters. The van der Waals surface area contributed by atoms with E-state index in [1.807, 2.05) is 5.01 Å². The van der Waals surface area contributed by atoms with Crippen molar-refractivity contribution in [3.63, 3.8) is 0 Å². The molecule has 2 amide bonds. The van der Waals surface area contributed by atoms with E-state index in [2.05, 4.69) is 24.6 Å². The van der Waals surface area contributed by atoms with Crippen molar-refractivity contribution in [1.29, 1.82) is 0 Å². The Morgan fingerprint density at radius 2 is 2.00 bits per heavy atom. The van der Waals surface area contributed by atoms with E-state index in [1.54, 1.807) is 0 Å². The maximum Gasteiger partial charge on any atom is 0.326 e. The molecule has 70 valence electrons. The van der Waals surface area contributed by atoms with E-state index in [9.17, 15) is 4.79 Å². The largest absolute Gasteiger partial charge is 0.351 e. The van der Waals surface area contributed by atoms with Crippen molar-refractivity contribution < 1.29 is 4.79 Å². The van der Waals surface area contributed by atoms with Gasteiger partial charge in [0.15, 0.2) is 0 Å². The maximum absolute atomic E-state index is 10.5. The third-order valence-electron chi connectivity index (χ3n) is 1.83. The number of nitrogens with zero attached hydrogens (tertiary/aromatic N) is 1. The minimum Gasteiger partial charge on any atom is -0.351 e. The van der Waals surface area contributed by atoms with Crippen LogP contribution in [-0.4, -0.2) is 36.2 Å². The smallest absolute Gasteiger partial charge is 0.326 e. The van der Waals surface area contributed by atoms with Crippen LogP contribution in [0.3, 0.4) is 0 Å². The van der Waals surface area contributed by atoms with Crippen molar-refractivity contribution in [2.75, 3.05) is 13.1 Å². The van der Waals surface area contributed by atoms with Crippen LogP contribution in [0.25, 0.3) is 0 Å². The number of amides is 2. The van der Waals surface area contributed by atoms with Crippen LogP contribution in [0, 0.1) is 0 Å². The number of piperazine rings is 1. The lowest BCUT2D eigenvalue weighted by atomic mass is 10.2. The van der Waals surface area contributed by atoms with Crippen molar-refractivity contribution in [2.45, 2.75) is 25.9 Å². The second-order valence-corrected chi connectivity index (χ2v) is 3.35. The zero-order chi connectivity index (χ0) is 9.14. The average Bonchev–Trinajstić information content (AvgIpc) is 1.81. The minimum absolute atomic E-state index is 0.389. The Morgan fingerprint density at radius 1 is 1.50 bits per heavy atom. The fourth-order valence-electron chi connectivity index (χ4n) is 1.57. The molecule has 1 fully saturated rings. The van der Waals surface area contributed by atoms with Crippen molar-refractivity contribution in [2.24, 2.45) is 5.73 Å². The van der Waals surface area contributed by atoms with Gasteiger partial charge < -0.3 is 11.1 Å². The highest BCUT2D eigenvalue weighted by atomic mass is 16.2. The number of carbonyl (C=O) groups is 1. The highest BCUT2D eigenvalue weighted by Crippen LogP contribution is 2.00. The number of primary amides is 1. The summed E-state index contributed by atoms with van der Waals surface area (Å²) in [6.45, 7) is 5.75. The highest BCUT2D eigenvalue weighted by Gasteiger charge is 2.20. The van der Waals surface area contributed by atoms with E-state index in [1.165, 1.54) is 0 Å². The van der Waals surface area contributed by atoms with Gasteiger partial charge in [-0.25, -0.2) is 9.80 Å². The molecule has 1 rings (SSSR count). The first kappa shape index (κ1) is 9.28. The summed E-state index contributed by atoms with van der Waals surface area (Å²) in [5.41, 5.74) is 7.58. The SMILES string of the molecule is CC1CN(NC(N)=O)CC(C)N1. The summed E-state index contributed by atoms with van der Waals surface area (Å²) >= 11 is 0. The lowest BCUT2D eigenvalue weighted by molar-refractivity contribution is 0.126. The molecule has 2 unspecified atom stereocenters. The first-order valence-electron chi connectivity index (χ1n) is 4.15. The number of hydrogen-bond donors (Lipinski definition) is 3. The quantitative estimate of drug-likeness (QED) is 0.487. The van der Waals surface area contributed by atoms with Gasteiger partial charge in [-0.15, -0.1) is 0 Å². The van der Waals surface area contributed by atoms with Crippen molar-refractivity contribution >= 4 is 6.03 Å². The molecule has 0 radical (unpaired) electrons. The predicted octanol–water partition coefficient (Wildman–Crippen LogP) is -0.748. The van der Waals surface area contributed by atoms with Crippen LogP contribution in [0.15, 0.2) is 0 Å². The van der Waals surface area contributed by atoms with E-state index in [0.717, 1.165) is 13.1 Å². The second kappa shape index (κ2) is 3.73. The Balaban J connectivity index is 2.38. The van der Waals surface area contributed by atoms with Gasteiger partial charge in [-0.2, -0.15) is 0 Å². The molecule has 0 bridgehead atoms. The van der Waals surface area contributed by atoms with Gasteiger partial charge in [-0.1, -0.05) is 0 Å². The van der Waals surface area contributed by atoms with E-state index in [4.69, 9.17) is 5.73 Å². The van der Waals surface area contributed by atoms with Crippen LogP contribution in [0.1, 0.15) is 13.8 Å². The molecule has 0 saturated carbocycles. The first-order valence-corrected chi connectivity index (χ1v) is 4.15. The number of hydrogen-bond acceptors (Lipinski definition) is 3. The van der Waals surface area contributed by atoms with E-state index in [-0.39, 0.29) is 0 Å². The maximum atomic E-state index is 10.5. The first-order chi connectivity index (χ1) is 5.58. The molecule has 5 heteroatoms. The standard InChI is InChI=1S/C7H16N4O/c1-5-3-11(10-7(8)12)4-6(2)9-5/h5-6,9H,3-4H2,1-2H3,(H3,8,10,12). The van der Waals surface area contributed by atoms with E-state index in [0.29, 0.717) is 12.1 Å². The Morgan fingerprint density at radius 3 is 2.42 bits per heavy atom. The van der Waals surface area contributed by atoms with Crippen LogP contribution in [0.2, 0.25) is 0 Å². The molecule has 0 aromatic heterocycles. The van der Waals surface area contributed by atoms with Gasteiger partial charge in [-0.05, 0) is 13.8 Å². The van der Waals surface area contributed by atoms with Gasteiger partial charge in [-0.3, -0.25) is 5.43 Å². The number of nitrogens with one attached hydrogen (secondary N) is 2. The summed E-state index contributed by atoms with van der Waals surface area (Å²) < 4.78 is 0. The Kier molecular flexibility index (Phi) is 2.88. The third kappa shape index (κ3) is 2.67. The van der Waals surface area contributed by atoms with Gasteiger partial charge in [0.1, 0.15) is 0 Å². The minimum atomic E-state index is -0.490. The highest BCUT2D eigenvalue weighted by molar-refractivity contribution is 5.70. The molecule has 12 heavy (non-hydrogen) atoms. The van der Waals surface area contributed by atoms with Crippen molar-refractivity contribution in [3.8, 4) is 0 Å². The molecule has 0 aliphatic carbocycles. The fraction of sp³-hybridized carbons (Fsp3) is 0.857. The summed E-state index contributed by atoms with van der Waals surface area (Å²) in [6, 6.07) is 0.289. The third-order valence-corrected chi connectivity index (χ3v) is 1.83. The number of rotatable bonds is 1. The summed E-state index contributed by atoms with van der Waals surface area (Å²) in [5.74, 6) is 0. The molecule has 5 nitrogen and oxygen atoms in total. The molecule has 1 aliphatic heterocycles. The Hall–Kier alpha value is -0.810. The molecule has 0 aromatic carbocycles. The van der Waals surface area contributed by atoms with Crippen LogP contribution in [0.4, 0.5) is 4.79 Å². The average molecular weight is 172 g/mol.